The summed E-state index contributed by atoms with van der Waals surface area (Å²) in [5.74, 6) is 0.451. The maximum Gasteiger partial charge on any atom is 0.255 e. The monoisotopic (exact) mass is 555 g/mol. The molecule has 3 rings (SSSR count). The first-order valence-corrected chi connectivity index (χ1v) is 15.6. The Morgan fingerprint density at radius 3 is 2.11 bits per heavy atom. The fourth-order valence-corrected chi connectivity index (χ4v) is 5.51. The third kappa shape index (κ3) is 10.8. The summed E-state index contributed by atoms with van der Waals surface area (Å²) < 4.78 is 8.09. The van der Waals surface area contributed by atoms with E-state index >= 15 is 0 Å². The molecule has 2 aromatic carbocycles. The Bertz CT molecular complexity index is 1100. The summed E-state index contributed by atoms with van der Waals surface area (Å²) in [6.07, 6.45) is 15.8. The van der Waals surface area contributed by atoms with E-state index < -0.39 is 0 Å². The van der Waals surface area contributed by atoms with Crippen molar-refractivity contribution < 1.29 is 14.1 Å². The third-order valence-electron chi connectivity index (χ3n) is 6.89. The van der Waals surface area contributed by atoms with Crippen LogP contribution in [-0.4, -0.2) is 12.5 Å². The topological polar surface area (TPSA) is 42.2 Å². The molecule has 0 fully saturated rings. The van der Waals surface area contributed by atoms with Gasteiger partial charge in [-0.1, -0.05) is 113 Å². The van der Waals surface area contributed by atoms with Crippen molar-refractivity contribution >= 4 is 34.5 Å². The highest BCUT2D eigenvalue weighted by molar-refractivity contribution is 7.07. The normalized spacial score (nSPS) is 11.0. The van der Waals surface area contributed by atoms with Crippen LogP contribution < -0.4 is 14.6 Å². The first-order valence-electron chi connectivity index (χ1n) is 14.3. The molecule has 0 spiro atoms. The second kappa shape index (κ2) is 17.3. The molecule has 0 saturated carbocycles. The van der Waals surface area contributed by atoms with Gasteiger partial charge in [0.15, 0.2) is 12.2 Å². The number of benzene rings is 2. The minimum absolute atomic E-state index is 0.185. The number of carbonyl (C=O) groups excluding carboxylic acids is 1. The summed E-state index contributed by atoms with van der Waals surface area (Å²) >= 11 is 8.12. The molecule has 4 nitrogen and oxygen atoms in total. The molecule has 0 unspecified atom stereocenters. The van der Waals surface area contributed by atoms with Gasteiger partial charge in [-0.15, -0.1) is 0 Å². The number of carbonyl (C=O) groups is 1. The number of nitrogens with one attached hydrogen (secondary N) is 1. The first kappa shape index (κ1) is 30.2. The quantitative estimate of drug-likeness (QED) is 0.125. The Hall–Kier alpha value is -2.37. The lowest BCUT2D eigenvalue weighted by Crippen LogP contribution is -2.34. The highest BCUT2D eigenvalue weighted by Gasteiger charge is 2.12. The van der Waals surface area contributed by atoms with Crippen LogP contribution in [0.3, 0.4) is 0 Å². The number of hydrogen-bond acceptors (Lipinski definition) is 3. The Labute approximate surface area is 238 Å². The minimum Gasteiger partial charge on any atom is -0.492 e. The SMILES string of the molecule is CCCCCCCCCCCCCCOc1ccc(C(=O)Nc2ccc(C[n+]3cscc3C)cc2)cc1Cl. The van der Waals surface area contributed by atoms with Gasteiger partial charge in [-0.2, -0.15) is 4.57 Å². The van der Waals surface area contributed by atoms with Crippen LogP contribution in [0.4, 0.5) is 5.69 Å². The number of aromatic nitrogens is 1. The van der Waals surface area contributed by atoms with Crippen molar-refractivity contribution in [1.29, 1.82) is 0 Å². The summed E-state index contributed by atoms with van der Waals surface area (Å²) in [7, 11) is 0. The van der Waals surface area contributed by atoms with Crippen LogP contribution in [0, 0.1) is 6.92 Å². The summed E-state index contributed by atoms with van der Waals surface area (Å²) in [6.45, 7) is 5.84. The lowest BCUT2D eigenvalue weighted by atomic mass is 10.1. The van der Waals surface area contributed by atoms with Gasteiger partial charge in [-0.05, 0) is 36.8 Å². The van der Waals surface area contributed by atoms with Crippen LogP contribution in [0.25, 0.3) is 0 Å². The second-order valence-electron chi connectivity index (χ2n) is 10.2. The van der Waals surface area contributed by atoms with Crippen LogP contribution >= 0.6 is 22.9 Å². The molecule has 1 aromatic heterocycles. The number of aryl methyl sites for hydroxylation is 1. The van der Waals surface area contributed by atoms with Crippen molar-refractivity contribution in [3.05, 3.63) is 75.2 Å². The molecule has 0 bridgehead atoms. The van der Waals surface area contributed by atoms with Gasteiger partial charge >= 0.3 is 0 Å². The lowest BCUT2D eigenvalue weighted by molar-refractivity contribution is -0.689. The number of rotatable bonds is 18. The predicted molar refractivity (Wildman–Crippen MR) is 161 cm³/mol. The zero-order valence-corrected chi connectivity index (χ0v) is 24.7. The molecule has 1 amide bonds. The molecule has 0 aliphatic carbocycles. The van der Waals surface area contributed by atoms with E-state index in [2.05, 4.69) is 34.6 Å². The number of thiazole rings is 1. The maximum absolute atomic E-state index is 12.7. The summed E-state index contributed by atoms with van der Waals surface area (Å²) in [5, 5.41) is 5.56. The van der Waals surface area contributed by atoms with Gasteiger partial charge in [-0.3, -0.25) is 4.79 Å². The Balaban J connectivity index is 1.31. The minimum atomic E-state index is -0.185. The second-order valence-corrected chi connectivity index (χ2v) is 11.3. The number of hydrogen-bond donors (Lipinski definition) is 1. The van der Waals surface area contributed by atoms with Crippen molar-refractivity contribution in [3.63, 3.8) is 0 Å². The highest BCUT2D eigenvalue weighted by Crippen LogP contribution is 2.26. The van der Waals surface area contributed by atoms with Gasteiger partial charge in [0.1, 0.15) is 5.75 Å². The van der Waals surface area contributed by atoms with Crippen LogP contribution in [-0.2, 0) is 6.54 Å². The average Bonchev–Trinajstić information content (AvgIpc) is 3.32. The van der Waals surface area contributed by atoms with E-state index in [0.717, 1.165) is 18.7 Å². The average molecular weight is 556 g/mol. The van der Waals surface area contributed by atoms with Crippen LogP contribution in [0.15, 0.2) is 53.4 Å². The third-order valence-corrected chi connectivity index (χ3v) is 8.04. The van der Waals surface area contributed by atoms with E-state index in [1.165, 1.54) is 81.9 Å². The Morgan fingerprint density at radius 1 is 0.895 bits per heavy atom. The fourth-order valence-electron chi connectivity index (χ4n) is 4.49. The maximum atomic E-state index is 12.7. The van der Waals surface area contributed by atoms with E-state index in [1.807, 2.05) is 24.3 Å². The highest BCUT2D eigenvalue weighted by atomic mass is 35.5. The molecule has 0 aliphatic rings. The molecule has 0 aliphatic heterocycles. The van der Waals surface area contributed by atoms with Gasteiger partial charge < -0.3 is 10.1 Å². The van der Waals surface area contributed by atoms with Crippen LogP contribution in [0.1, 0.15) is 106 Å². The van der Waals surface area contributed by atoms with Gasteiger partial charge in [0.2, 0.25) is 5.51 Å². The molecule has 38 heavy (non-hydrogen) atoms. The number of ether oxygens (including phenoxy) is 1. The van der Waals surface area contributed by atoms with E-state index in [0.29, 0.717) is 22.9 Å². The summed E-state index contributed by atoms with van der Waals surface area (Å²) in [4.78, 5) is 12.7. The predicted octanol–water partition coefficient (Wildman–Crippen LogP) is 9.38. The largest absolute Gasteiger partial charge is 0.492 e. The molecular weight excluding hydrogens is 512 g/mol. The van der Waals surface area contributed by atoms with E-state index in [4.69, 9.17) is 16.3 Å². The molecule has 1 heterocycles. The molecule has 0 radical (unpaired) electrons. The zero-order chi connectivity index (χ0) is 27.0. The summed E-state index contributed by atoms with van der Waals surface area (Å²) in [5.41, 5.74) is 5.81. The number of nitrogens with zero attached hydrogens (tertiary/aromatic N) is 1. The molecule has 1 N–H and O–H groups in total. The summed E-state index contributed by atoms with van der Waals surface area (Å²) in [6, 6.07) is 13.2. The van der Waals surface area contributed by atoms with Gasteiger partial charge in [0.05, 0.1) is 17.0 Å². The number of halogens is 1. The van der Waals surface area contributed by atoms with Crippen LogP contribution in [0.5, 0.6) is 5.75 Å². The van der Waals surface area contributed by atoms with Crippen molar-refractivity contribution in [2.24, 2.45) is 0 Å². The standard InChI is InChI=1S/C32H43ClN2O2S/c1-3-4-5-6-7-8-9-10-11-12-13-14-21-37-31-20-17-28(22-30(31)33)32(36)34-29-18-15-27(16-19-29)23-35-25-38-24-26(35)2/h15-20,22,24-25H,3-14,21,23H2,1-2H3/p+1. The van der Waals surface area contributed by atoms with Gasteiger partial charge in [0, 0.05) is 23.7 Å². The van der Waals surface area contributed by atoms with Crippen molar-refractivity contribution in [2.45, 2.75) is 97.4 Å². The van der Waals surface area contributed by atoms with Crippen LogP contribution in [0.2, 0.25) is 5.02 Å². The fraction of sp³-hybridized carbons (Fsp3) is 0.500. The molecule has 6 heteroatoms. The number of unbranched alkanes of at least 4 members (excludes halogenated alkanes) is 11. The van der Waals surface area contributed by atoms with E-state index in [-0.39, 0.29) is 5.91 Å². The van der Waals surface area contributed by atoms with E-state index in [1.54, 1.807) is 29.5 Å². The molecule has 3 aromatic rings. The Kier molecular flexibility index (Phi) is 13.7. The smallest absolute Gasteiger partial charge is 0.255 e. The molecular formula is C32H44ClN2O2S+. The van der Waals surface area contributed by atoms with Crippen molar-refractivity contribution in [3.8, 4) is 5.75 Å². The zero-order valence-electron chi connectivity index (χ0n) is 23.1. The van der Waals surface area contributed by atoms with Crippen molar-refractivity contribution in [2.75, 3.05) is 11.9 Å². The van der Waals surface area contributed by atoms with Gasteiger partial charge in [0.25, 0.3) is 5.91 Å². The Morgan fingerprint density at radius 2 is 1.53 bits per heavy atom. The van der Waals surface area contributed by atoms with Gasteiger partial charge in [-0.25, -0.2) is 0 Å². The molecule has 0 atom stereocenters. The molecule has 206 valence electrons. The number of amides is 1. The van der Waals surface area contributed by atoms with Crippen molar-refractivity contribution in [1.82, 2.24) is 0 Å². The lowest BCUT2D eigenvalue weighted by Gasteiger charge is -2.10. The first-order chi connectivity index (χ1) is 18.6. The van der Waals surface area contributed by atoms with E-state index in [9.17, 15) is 4.79 Å². The number of anilines is 1. The molecule has 0 saturated heterocycles.